The highest BCUT2D eigenvalue weighted by molar-refractivity contribution is 5.31. The van der Waals surface area contributed by atoms with Crippen molar-refractivity contribution in [3.63, 3.8) is 0 Å². The summed E-state index contributed by atoms with van der Waals surface area (Å²) in [5, 5.41) is 0. The average molecular weight is 1110 g/mol. The van der Waals surface area contributed by atoms with E-state index >= 15 is 0 Å². The van der Waals surface area contributed by atoms with E-state index in [9.17, 15) is 0 Å². The first-order valence-electron chi connectivity index (χ1n) is 37.3. The Bertz CT molecular complexity index is 1460. The molecule has 0 nitrogen and oxygen atoms in total. The Kier molecular flexibility index (Phi) is 52.3. The molecule has 0 rings (SSSR count). The molecule has 0 heteroatoms. The zero-order valence-electron chi connectivity index (χ0n) is 58.0. The van der Waals surface area contributed by atoms with Gasteiger partial charge in [-0.05, 0) is 143 Å². The second kappa shape index (κ2) is 53.2. The number of rotatable bonds is 60. The summed E-state index contributed by atoms with van der Waals surface area (Å²) in [5.74, 6) is 4.35. The van der Waals surface area contributed by atoms with Crippen LogP contribution < -0.4 is 0 Å². The van der Waals surface area contributed by atoms with Crippen LogP contribution in [0.3, 0.4) is 0 Å². The molecule has 0 aromatic carbocycles. The topological polar surface area (TPSA) is 0 Å². The Labute approximate surface area is 508 Å². The smallest absolute Gasteiger partial charge is 0.0156 e. The van der Waals surface area contributed by atoms with E-state index in [0.717, 1.165) is 24.2 Å². The third kappa shape index (κ3) is 31.2. The summed E-state index contributed by atoms with van der Waals surface area (Å²) in [6.45, 7) is 40.4. The van der Waals surface area contributed by atoms with E-state index < -0.39 is 0 Å². The van der Waals surface area contributed by atoms with Gasteiger partial charge in [0.15, 0.2) is 0 Å². The number of allylic oxidation sites excluding steroid dienone is 9. The molecule has 0 fully saturated rings. The Hall–Kier alpha value is -1.30. The number of hydrogen-bond acceptors (Lipinski definition) is 0. The molecule has 0 saturated heterocycles. The van der Waals surface area contributed by atoms with E-state index in [1.54, 1.807) is 5.57 Å². The molecule has 0 amide bonds. The van der Waals surface area contributed by atoms with Gasteiger partial charge < -0.3 is 0 Å². The van der Waals surface area contributed by atoms with Gasteiger partial charge in [0.25, 0.3) is 0 Å². The lowest BCUT2D eigenvalue weighted by Crippen LogP contribution is -2.59. The van der Waals surface area contributed by atoms with Crippen molar-refractivity contribution in [2.45, 2.75) is 399 Å². The maximum absolute atomic E-state index is 5.91. The summed E-state index contributed by atoms with van der Waals surface area (Å²) in [6, 6.07) is 0. The van der Waals surface area contributed by atoms with Crippen molar-refractivity contribution in [3.8, 4) is 0 Å². The fraction of sp³-hybridized carbons (Fsp3) is 0.875. The standard InChI is InChI=1S/C80H152/c1-16-30-39-48-62-77(67-73(53-26-11)58-44-35-21-6)79(64-50-41-32-18-3,69-75(55-28-13)60-46-37-23-8)80(65-51-42-33-19-4,70-76(56-29-14)61-47-38-24-9)78(63-49-40-31-17-2,68-74(54-27-12)59-45-36-22-7)71(15)66-72(52-25-10)57-43-34-20-5/h16,30,32,41-42,49,51,63,72-77H,15,17-29,31,33-40,43-48,50,52-62,64-70H2,1-14H3. The zero-order chi connectivity index (χ0) is 59.4. The van der Waals surface area contributed by atoms with Crippen molar-refractivity contribution < 1.29 is 0 Å². The van der Waals surface area contributed by atoms with Crippen LogP contribution >= 0.6 is 0 Å². The summed E-state index contributed by atoms with van der Waals surface area (Å²) in [6.07, 6.45) is 84.4. The van der Waals surface area contributed by atoms with Crippen LogP contribution in [-0.4, -0.2) is 0 Å². The SMILES string of the molecule is C=C(CC(CCC)CCCCC)C(C=CCCCC)(CC(CCC)CCCCC)C(CC=CCCC)(CC(CCC)CCCCC)C(CCC=CCC)(CC(CCC)CCCCC)C(CCCC=CC)CC(CCC)CCCCC. The van der Waals surface area contributed by atoms with Gasteiger partial charge in [-0.3, -0.25) is 0 Å². The van der Waals surface area contributed by atoms with Gasteiger partial charge in [-0.1, -0.05) is 363 Å². The van der Waals surface area contributed by atoms with Gasteiger partial charge in [0.05, 0.1) is 0 Å². The van der Waals surface area contributed by atoms with Gasteiger partial charge in [0, 0.05) is 5.41 Å². The molecule has 0 spiro atoms. The minimum atomic E-state index is -0.116. The molecular weight excluding hydrogens is 961 g/mol. The number of hydrogen-bond donors (Lipinski definition) is 0. The van der Waals surface area contributed by atoms with Crippen molar-refractivity contribution in [1.82, 2.24) is 0 Å². The van der Waals surface area contributed by atoms with Crippen LogP contribution in [0.4, 0.5) is 0 Å². The maximum atomic E-state index is 5.91. The quantitative estimate of drug-likeness (QED) is 0.0421. The molecule has 0 heterocycles. The van der Waals surface area contributed by atoms with Crippen LogP contribution in [0.15, 0.2) is 60.8 Å². The molecular formula is C80H152. The highest BCUT2D eigenvalue weighted by Crippen LogP contribution is 2.72. The predicted molar refractivity (Wildman–Crippen MR) is 370 cm³/mol. The third-order valence-electron chi connectivity index (χ3n) is 20.4. The molecule has 0 aromatic heterocycles. The van der Waals surface area contributed by atoms with Crippen LogP contribution in [0.1, 0.15) is 399 Å². The fourth-order valence-electron chi connectivity index (χ4n) is 16.3. The van der Waals surface area contributed by atoms with E-state index in [1.165, 1.54) is 295 Å². The Balaban J connectivity index is 10.8. The highest BCUT2D eigenvalue weighted by atomic mass is 14.7. The van der Waals surface area contributed by atoms with Crippen molar-refractivity contribution >= 4 is 0 Å². The molecule has 0 aromatic rings. The lowest BCUT2D eigenvalue weighted by molar-refractivity contribution is -0.140. The molecule has 0 aliphatic heterocycles. The van der Waals surface area contributed by atoms with E-state index in [2.05, 4.69) is 146 Å². The van der Waals surface area contributed by atoms with Gasteiger partial charge in [-0.2, -0.15) is 0 Å². The molecule has 9 unspecified atom stereocenters. The summed E-state index contributed by atoms with van der Waals surface area (Å²) >= 11 is 0. The summed E-state index contributed by atoms with van der Waals surface area (Å²) in [5.41, 5.74) is 1.72. The first-order chi connectivity index (χ1) is 39.0. The molecule has 80 heavy (non-hydrogen) atoms. The molecule has 0 bridgehead atoms. The molecule has 472 valence electrons. The minimum absolute atomic E-state index is 0.00920. The van der Waals surface area contributed by atoms with Crippen molar-refractivity contribution in [3.05, 3.63) is 60.8 Å². The van der Waals surface area contributed by atoms with Gasteiger partial charge in [-0.15, -0.1) is 0 Å². The second-order valence-electron chi connectivity index (χ2n) is 27.2. The summed E-state index contributed by atoms with van der Waals surface area (Å²) < 4.78 is 0. The van der Waals surface area contributed by atoms with Gasteiger partial charge in [0.1, 0.15) is 0 Å². The Morgan fingerprint density at radius 1 is 0.362 bits per heavy atom. The Morgan fingerprint density at radius 3 is 1.30 bits per heavy atom. The lowest BCUT2D eigenvalue weighted by Gasteiger charge is -2.66. The van der Waals surface area contributed by atoms with E-state index in [0.29, 0.717) is 17.8 Å². The van der Waals surface area contributed by atoms with E-state index in [-0.39, 0.29) is 16.2 Å². The summed E-state index contributed by atoms with van der Waals surface area (Å²) in [7, 11) is 0. The molecule has 0 radical (unpaired) electrons. The fourth-order valence-corrected chi connectivity index (χ4v) is 16.3. The monoisotopic (exact) mass is 1110 g/mol. The van der Waals surface area contributed by atoms with Crippen LogP contribution in [0, 0.1) is 51.8 Å². The first kappa shape index (κ1) is 78.7. The second-order valence-corrected chi connectivity index (χ2v) is 27.2. The van der Waals surface area contributed by atoms with Gasteiger partial charge in [-0.25, -0.2) is 0 Å². The zero-order valence-corrected chi connectivity index (χ0v) is 58.0. The normalized spacial score (nSPS) is 17.1. The highest BCUT2D eigenvalue weighted by Gasteiger charge is 2.64. The van der Waals surface area contributed by atoms with Crippen LogP contribution in [0.2, 0.25) is 0 Å². The van der Waals surface area contributed by atoms with Crippen molar-refractivity contribution in [2.75, 3.05) is 0 Å². The van der Waals surface area contributed by atoms with Gasteiger partial charge >= 0.3 is 0 Å². The molecule has 9 atom stereocenters. The molecule has 0 aliphatic rings. The third-order valence-corrected chi connectivity index (χ3v) is 20.4. The van der Waals surface area contributed by atoms with Crippen LogP contribution in [0.25, 0.3) is 0 Å². The predicted octanol–water partition coefficient (Wildman–Crippen LogP) is 29.0. The number of unbranched alkanes of at least 4 members (excludes halogenated alkanes) is 14. The molecule has 0 aliphatic carbocycles. The van der Waals surface area contributed by atoms with Gasteiger partial charge in [0.2, 0.25) is 0 Å². The van der Waals surface area contributed by atoms with E-state index in [4.69, 9.17) is 6.58 Å². The molecule has 0 N–H and O–H groups in total. The first-order valence-corrected chi connectivity index (χ1v) is 37.3. The van der Waals surface area contributed by atoms with Crippen molar-refractivity contribution in [2.24, 2.45) is 51.8 Å². The Morgan fingerprint density at radius 2 is 0.812 bits per heavy atom. The summed E-state index contributed by atoms with van der Waals surface area (Å²) in [4.78, 5) is 0. The van der Waals surface area contributed by atoms with Crippen LogP contribution in [-0.2, 0) is 0 Å². The van der Waals surface area contributed by atoms with E-state index in [1.807, 2.05) is 0 Å². The largest absolute Gasteiger partial charge is 0.0990 e. The van der Waals surface area contributed by atoms with Crippen LogP contribution in [0.5, 0.6) is 0 Å². The minimum Gasteiger partial charge on any atom is -0.0990 e. The lowest BCUT2D eigenvalue weighted by atomic mass is 9.37. The van der Waals surface area contributed by atoms with Crippen molar-refractivity contribution in [1.29, 1.82) is 0 Å². The molecule has 0 saturated carbocycles. The average Bonchev–Trinajstić information content (AvgIpc) is 3.45. The maximum Gasteiger partial charge on any atom is 0.0156 e.